The largest absolute Gasteiger partial charge is 0.489 e. The average molecular weight is 539 g/mol. The van der Waals surface area contributed by atoms with Gasteiger partial charge >= 0.3 is 6.18 Å². The Bertz CT molecular complexity index is 1190. The number of amides is 2. The first kappa shape index (κ1) is 28.4. The van der Waals surface area contributed by atoms with E-state index in [-0.39, 0.29) is 42.5 Å². The zero-order valence-electron chi connectivity index (χ0n) is 20.1. The van der Waals surface area contributed by atoms with Gasteiger partial charge in [0.05, 0.1) is 19.4 Å². The minimum Gasteiger partial charge on any atom is -0.489 e. The van der Waals surface area contributed by atoms with E-state index in [1.165, 1.54) is 29.1 Å². The Morgan fingerprint density at radius 1 is 0.947 bits per heavy atom. The number of hydrogen-bond donors (Lipinski definition) is 3. The maximum absolute atomic E-state index is 12.5. The molecule has 0 radical (unpaired) electrons. The number of alkyl halides is 4. The second-order valence-electron chi connectivity index (χ2n) is 7.73. The summed E-state index contributed by atoms with van der Waals surface area (Å²) in [6.45, 7) is -1.53. The van der Waals surface area contributed by atoms with Gasteiger partial charge in [0.1, 0.15) is 31.3 Å². The molecule has 1 aromatic heterocycles. The number of carbonyl (C=O) groups excluding carboxylic acids is 2. The van der Waals surface area contributed by atoms with Gasteiger partial charge in [-0.2, -0.15) is 13.2 Å². The number of anilines is 1. The highest BCUT2D eigenvalue weighted by Gasteiger charge is 2.28. The lowest BCUT2D eigenvalue weighted by molar-refractivity contribution is -0.123. The predicted octanol–water partition coefficient (Wildman–Crippen LogP) is 2.77. The lowest BCUT2D eigenvalue weighted by Gasteiger charge is -2.14. The van der Waals surface area contributed by atoms with Crippen molar-refractivity contribution in [1.82, 2.24) is 25.6 Å². The van der Waals surface area contributed by atoms with Crippen LogP contribution >= 0.6 is 0 Å². The van der Waals surface area contributed by atoms with Crippen LogP contribution in [0.1, 0.15) is 20.8 Å². The van der Waals surface area contributed by atoms with Crippen molar-refractivity contribution in [2.75, 3.05) is 51.4 Å². The highest BCUT2D eigenvalue weighted by molar-refractivity contribution is 5.95. The fraction of sp³-hybridized carbons (Fsp3) is 0.333. The lowest BCUT2D eigenvalue weighted by Crippen LogP contribution is -2.33. The van der Waals surface area contributed by atoms with Crippen molar-refractivity contribution in [3.05, 3.63) is 66.0 Å². The normalized spacial score (nSPS) is 11.2. The molecule has 0 aliphatic heterocycles. The van der Waals surface area contributed by atoms with Crippen molar-refractivity contribution in [2.45, 2.75) is 6.18 Å². The molecule has 10 nitrogen and oxygen atoms in total. The van der Waals surface area contributed by atoms with Crippen molar-refractivity contribution >= 4 is 17.5 Å². The van der Waals surface area contributed by atoms with Gasteiger partial charge < -0.3 is 25.4 Å². The van der Waals surface area contributed by atoms with Crippen molar-refractivity contribution in [3.63, 3.8) is 0 Å². The van der Waals surface area contributed by atoms with E-state index in [9.17, 15) is 27.2 Å². The molecule has 204 valence electrons. The fourth-order valence-electron chi connectivity index (χ4n) is 3.12. The van der Waals surface area contributed by atoms with E-state index in [4.69, 9.17) is 9.47 Å². The van der Waals surface area contributed by atoms with Crippen LogP contribution in [-0.4, -0.2) is 79.1 Å². The summed E-state index contributed by atoms with van der Waals surface area (Å²) in [5, 5.41) is 15.4. The monoisotopic (exact) mass is 538 g/mol. The quantitative estimate of drug-likeness (QED) is 0.213. The summed E-state index contributed by atoms with van der Waals surface area (Å²) in [6.07, 6.45) is -3.23. The minimum atomic E-state index is -4.57. The molecule has 0 aliphatic carbocycles. The number of rotatable bonds is 14. The van der Waals surface area contributed by atoms with E-state index < -0.39 is 31.2 Å². The molecule has 2 aromatic carbocycles. The van der Waals surface area contributed by atoms with Gasteiger partial charge in [0.25, 0.3) is 11.8 Å². The van der Waals surface area contributed by atoms with E-state index >= 15 is 0 Å². The molecule has 1 heterocycles. The average Bonchev–Trinajstić information content (AvgIpc) is 3.40. The molecule has 0 bridgehead atoms. The highest BCUT2D eigenvalue weighted by Crippen LogP contribution is 2.25. The van der Waals surface area contributed by atoms with E-state index in [0.29, 0.717) is 13.1 Å². The van der Waals surface area contributed by atoms with Crippen molar-refractivity contribution in [1.29, 1.82) is 0 Å². The number of para-hydroxylation sites is 1. The third kappa shape index (κ3) is 9.03. The molecule has 2 amide bonds. The van der Waals surface area contributed by atoms with Crippen LogP contribution < -0.4 is 20.7 Å². The number of benzene rings is 2. The summed E-state index contributed by atoms with van der Waals surface area (Å²) in [6, 6.07) is 13.4. The molecule has 3 aromatic rings. The second-order valence-corrected chi connectivity index (χ2v) is 7.73. The Hall–Kier alpha value is -4.20. The molecule has 38 heavy (non-hydrogen) atoms. The zero-order chi connectivity index (χ0) is 27.4. The van der Waals surface area contributed by atoms with Crippen molar-refractivity contribution < 1.29 is 36.6 Å². The molecule has 14 heteroatoms. The smallest absolute Gasteiger partial charge is 0.405 e. The first-order valence-electron chi connectivity index (χ1n) is 11.5. The first-order chi connectivity index (χ1) is 18.3. The SMILES string of the molecule is O=C(NCC(F)(F)F)c1ccc(-n2cc(C(=O)NCCNc3ccccc3)nn2)c(OCCOCCF)c1. The number of hydrogen-bond acceptors (Lipinski definition) is 7. The number of aromatic nitrogens is 3. The minimum absolute atomic E-state index is 0.00828. The Morgan fingerprint density at radius 3 is 2.47 bits per heavy atom. The van der Waals surface area contributed by atoms with Gasteiger partial charge in [-0.1, -0.05) is 23.4 Å². The van der Waals surface area contributed by atoms with Gasteiger partial charge in [-0.25, -0.2) is 9.07 Å². The molecule has 0 spiro atoms. The molecule has 0 unspecified atom stereocenters. The second kappa shape index (κ2) is 13.9. The molecule has 3 N–H and O–H groups in total. The number of nitrogens with one attached hydrogen (secondary N) is 3. The molecule has 0 aliphatic rings. The molecular weight excluding hydrogens is 512 g/mol. The Labute approximate surface area is 215 Å². The summed E-state index contributed by atoms with van der Waals surface area (Å²) in [4.78, 5) is 24.7. The number of halogens is 4. The van der Waals surface area contributed by atoms with Crippen LogP contribution in [0.2, 0.25) is 0 Å². The van der Waals surface area contributed by atoms with Gasteiger partial charge in [-0.05, 0) is 30.3 Å². The van der Waals surface area contributed by atoms with Crippen LogP contribution in [-0.2, 0) is 4.74 Å². The Kier molecular flexibility index (Phi) is 10.4. The third-order valence-corrected chi connectivity index (χ3v) is 4.86. The van der Waals surface area contributed by atoms with E-state index in [0.717, 1.165) is 5.69 Å². The van der Waals surface area contributed by atoms with Gasteiger partial charge in [0.2, 0.25) is 0 Å². The van der Waals surface area contributed by atoms with E-state index in [1.54, 1.807) is 5.32 Å². The number of carbonyl (C=O) groups is 2. The summed E-state index contributed by atoms with van der Waals surface area (Å²) in [5.74, 6) is -1.37. The van der Waals surface area contributed by atoms with Crippen molar-refractivity contribution in [2.24, 2.45) is 0 Å². The molecule has 0 atom stereocenters. The predicted molar refractivity (Wildman–Crippen MR) is 129 cm³/mol. The van der Waals surface area contributed by atoms with Gasteiger partial charge in [0, 0.05) is 24.3 Å². The molecule has 0 saturated heterocycles. The van der Waals surface area contributed by atoms with Crippen molar-refractivity contribution in [3.8, 4) is 11.4 Å². The van der Waals surface area contributed by atoms with Gasteiger partial charge in [-0.15, -0.1) is 5.10 Å². The van der Waals surface area contributed by atoms with Crippen LogP contribution in [0.5, 0.6) is 5.75 Å². The summed E-state index contributed by atoms with van der Waals surface area (Å²) in [7, 11) is 0. The molecule has 0 saturated carbocycles. The maximum Gasteiger partial charge on any atom is 0.405 e. The first-order valence-corrected chi connectivity index (χ1v) is 11.5. The maximum atomic E-state index is 12.5. The molecular formula is C24H26F4N6O4. The molecule has 3 rings (SSSR count). The van der Waals surface area contributed by atoms with Crippen LogP contribution in [0.3, 0.4) is 0 Å². The van der Waals surface area contributed by atoms with E-state index in [2.05, 4.69) is 20.9 Å². The van der Waals surface area contributed by atoms with Crippen LogP contribution in [0, 0.1) is 0 Å². The standard InChI is InChI=1S/C24H26F4N6O4/c25-8-11-37-12-13-38-21-14-17(22(35)31-16-24(26,27)28)6-7-20(21)34-15-19(32-33-34)23(36)30-10-9-29-18-4-2-1-3-5-18/h1-7,14-15,29H,8-13,16H2,(H,30,36)(H,31,35). The highest BCUT2D eigenvalue weighted by atomic mass is 19.4. The van der Waals surface area contributed by atoms with Crippen LogP contribution in [0.25, 0.3) is 5.69 Å². The summed E-state index contributed by atoms with van der Waals surface area (Å²) >= 11 is 0. The van der Waals surface area contributed by atoms with E-state index in [1.807, 2.05) is 30.3 Å². The van der Waals surface area contributed by atoms with Gasteiger partial charge in [0.15, 0.2) is 5.69 Å². The Morgan fingerprint density at radius 2 is 1.74 bits per heavy atom. The third-order valence-electron chi connectivity index (χ3n) is 4.86. The summed E-state index contributed by atoms with van der Waals surface area (Å²) in [5.41, 5.74) is 1.08. The number of ether oxygens (including phenoxy) is 2. The van der Waals surface area contributed by atoms with Crippen LogP contribution in [0.4, 0.5) is 23.2 Å². The molecule has 0 fully saturated rings. The fourth-order valence-corrected chi connectivity index (χ4v) is 3.12. The van der Waals surface area contributed by atoms with Gasteiger partial charge in [-0.3, -0.25) is 9.59 Å². The summed E-state index contributed by atoms with van der Waals surface area (Å²) < 4.78 is 61.5. The topological polar surface area (TPSA) is 119 Å². The lowest BCUT2D eigenvalue weighted by atomic mass is 10.1. The Balaban J connectivity index is 1.67. The van der Waals surface area contributed by atoms with Crippen LogP contribution in [0.15, 0.2) is 54.7 Å². The zero-order valence-corrected chi connectivity index (χ0v) is 20.1. The number of nitrogens with zero attached hydrogens (tertiary/aromatic N) is 3.